The van der Waals surface area contributed by atoms with Gasteiger partial charge in [-0.3, -0.25) is 4.79 Å². The van der Waals surface area contributed by atoms with Gasteiger partial charge in [0, 0.05) is 13.0 Å². The summed E-state index contributed by atoms with van der Waals surface area (Å²) in [4.78, 5) is 14.5. The zero-order valence-electron chi connectivity index (χ0n) is 16.8. The van der Waals surface area contributed by atoms with Crippen molar-refractivity contribution >= 4 is 14.2 Å². The summed E-state index contributed by atoms with van der Waals surface area (Å²) in [5.74, 6) is 0.260. The van der Waals surface area contributed by atoms with E-state index in [2.05, 4.69) is 46.0 Å². The van der Waals surface area contributed by atoms with Crippen molar-refractivity contribution in [1.82, 2.24) is 4.90 Å². The molecule has 0 aromatic heterocycles. The Labute approximate surface area is 159 Å². The van der Waals surface area contributed by atoms with Crippen LogP contribution in [0.15, 0.2) is 30.3 Å². The topological polar surface area (TPSA) is 38.8 Å². The van der Waals surface area contributed by atoms with Gasteiger partial charge in [0.15, 0.2) is 8.32 Å². The Morgan fingerprint density at radius 2 is 1.81 bits per heavy atom. The van der Waals surface area contributed by atoms with Gasteiger partial charge in [0.25, 0.3) is 0 Å². The highest BCUT2D eigenvalue weighted by Gasteiger charge is 2.49. The van der Waals surface area contributed by atoms with Crippen molar-refractivity contribution in [2.45, 2.75) is 83.0 Å². The van der Waals surface area contributed by atoms with Gasteiger partial charge >= 0.3 is 0 Å². The predicted molar refractivity (Wildman–Crippen MR) is 106 cm³/mol. The second-order valence-corrected chi connectivity index (χ2v) is 13.9. The van der Waals surface area contributed by atoms with Crippen LogP contribution >= 0.6 is 0 Å². The molecule has 2 aliphatic rings. The Bertz CT molecular complexity index is 626. The first-order chi connectivity index (χ1) is 12.2. The van der Waals surface area contributed by atoms with Crippen LogP contribution in [0.3, 0.4) is 0 Å². The van der Waals surface area contributed by atoms with Gasteiger partial charge in [-0.05, 0) is 36.5 Å². The molecule has 0 aliphatic carbocycles. The monoisotopic (exact) mass is 375 g/mol. The second-order valence-electron chi connectivity index (χ2n) is 9.16. The lowest BCUT2D eigenvalue weighted by molar-refractivity contribution is -0.145. The summed E-state index contributed by atoms with van der Waals surface area (Å²) >= 11 is 0. The molecule has 2 fully saturated rings. The molecular formula is C21H33NO3Si. The van der Waals surface area contributed by atoms with E-state index in [1.54, 1.807) is 0 Å². The van der Waals surface area contributed by atoms with Crippen LogP contribution in [-0.2, 0) is 20.6 Å². The molecule has 3 atom stereocenters. The molecule has 1 amide bonds. The first kappa shape index (κ1) is 19.6. The molecule has 0 bridgehead atoms. The van der Waals surface area contributed by atoms with Gasteiger partial charge in [-0.1, -0.05) is 51.1 Å². The molecule has 0 unspecified atom stereocenters. The lowest BCUT2D eigenvalue weighted by atomic mass is 9.96. The molecule has 0 N–H and O–H groups in total. The normalized spacial score (nSPS) is 26.9. The fourth-order valence-electron chi connectivity index (χ4n) is 3.74. The smallest absolute Gasteiger partial charge is 0.223 e. The Balaban J connectivity index is 1.72. The van der Waals surface area contributed by atoms with Crippen molar-refractivity contribution in [3.05, 3.63) is 35.9 Å². The van der Waals surface area contributed by atoms with Crippen LogP contribution in [0, 0.1) is 0 Å². The average Bonchev–Trinajstić information content (AvgIpc) is 2.98. The zero-order valence-corrected chi connectivity index (χ0v) is 17.8. The fraction of sp³-hybridized carbons (Fsp3) is 0.667. The van der Waals surface area contributed by atoms with Gasteiger partial charge in [0.2, 0.25) is 5.91 Å². The van der Waals surface area contributed by atoms with E-state index in [-0.39, 0.29) is 29.2 Å². The third-order valence-electron chi connectivity index (χ3n) is 6.30. The summed E-state index contributed by atoms with van der Waals surface area (Å²) in [5, 5.41) is 0.166. The summed E-state index contributed by atoms with van der Waals surface area (Å²) in [5.41, 5.74) is 1.18. The van der Waals surface area contributed by atoms with Crippen molar-refractivity contribution in [2.75, 3.05) is 6.54 Å². The Morgan fingerprint density at radius 3 is 2.46 bits per heavy atom. The molecule has 144 valence electrons. The first-order valence-corrected chi connectivity index (χ1v) is 12.7. The van der Waals surface area contributed by atoms with Crippen LogP contribution in [0.2, 0.25) is 18.1 Å². The van der Waals surface area contributed by atoms with Gasteiger partial charge in [0.1, 0.15) is 0 Å². The van der Waals surface area contributed by atoms with Crippen LogP contribution < -0.4 is 0 Å². The number of carbonyl (C=O) groups is 1. The number of nitrogens with zero attached hydrogens (tertiary/aromatic N) is 1. The first-order valence-electron chi connectivity index (χ1n) is 9.82. The van der Waals surface area contributed by atoms with Gasteiger partial charge in [0.05, 0.1) is 24.9 Å². The number of hydrogen-bond donors (Lipinski definition) is 0. The van der Waals surface area contributed by atoms with Crippen molar-refractivity contribution in [3.63, 3.8) is 0 Å². The van der Waals surface area contributed by atoms with Crippen LogP contribution in [0.4, 0.5) is 0 Å². The molecule has 4 nitrogen and oxygen atoms in total. The average molecular weight is 376 g/mol. The quantitative estimate of drug-likeness (QED) is 0.718. The molecule has 0 spiro atoms. The van der Waals surface area contributed by atoms with Crippen LogP contribution in [0.25, 0.3) is 0 Å². The highest BCUT2D eigenvalue weighted by molar-refractivity contribution is 6.74. The van der Waals surface area contributed by atoms with E-state index >= 15 is 0 Å². The number of amides is 1. The zero-order chi connectivity index (χ0) is 18.9. The molecule has 0 radical (unpaired) electrons. The second kappa shape index (κ2) is 7.45. The van der Waals surface area contributed by atoms with E-state index < -0.39 is 8.32 Å². The molecule has 3 rings (SSSR count). The van der Waals surface area contributed by atoms with Crippen molar-refractivity contribution in [1.29, 1.82) is 0 Å². The molecule has 2 saturated heterocycles. The minimum Gasteiger partial charge on any atom is -0.412 e. The highest BCUT2D eigenvalue weighted by Crippen LogP contribution is 2.41. The standard InChI is InChI=1S/C21H33NO3Si/c1-21(2,3)26(4,5)25-18-13-14-22-19(23)12-11-17(20(18)22)24-15-16-9-7-6-8-10-16/h6-10,17-18,20H,11-15H2,1-5H3/t17-,18+,20-/m1/s1. The van der Waals surface area contributed by atoms with E-state index in [9.17, 15) is 4.79 Å². The minimum atomic E-state index is -1.88. The summed E-state index contributed by atoms with van der Waals surface area (Å²) in [7, 11) is -1.88. The fourth-order valence-corrected chi connectivity index (χ4v) is 5.11. The largest absolute Gasteiger partial charge is 0.412 e. The third-order valence-corrected chi connectivity index (χ3v) is 10.8. The van der Waals surface area contributed by atoms with Gasteiger partial charge < -0.3 is 14.1 Å². The van der Waals surface area contributed by atoms with E-state index in [1.165, 1.54) is 5.56 Å². The third kappa shape index (κ3) is 4.05. The Hall–Kier alpha value is -1.17. The molecule has 1 aromatic rings. The van der Waals surface area contributed by atoms with E-state index in [0.29, 0.717) is 13.0 Å². The highest BCUT2D eigenvalue weighted by atomic mass is 28.4. The SMILES string of the molecule is CC(C)(C)[Si](C)(C)O[C@H]1CCN2C(=O)CC[C@@H](OCc3ccccc3)[C@H]12. The predicted octanol–water partition coefficient (Wildman–Crippen LogP) is 4.36. The van der Waals surface area contributed by atoms with Gasteiger partial charge in [-0.2, -0.15) is 0 Å². The number of carbonyl (C=O) groups excluding carboxylic acids is 1. The molecular weight excluding hydrogens is 342 g/mol. The Kier molecular flexibility index (Phi) is 5.61. The number of benzene rings is 1. The van der Waals surface area contributed by atoms with E-state index in [0.717, 1.165) is 19.4 Å². The number of ether oxygens (including phenoxy) is 1. The van der Waals surface area contributed by atoms with Crippen LogP contribution in [0.5, 0.6) is 0 Å². The number of fused-ring (bicyclic) bond motifs is 1. The van der Waals surface area contributed by atoms with Crippen molar-refractivity contribution in [3.8, 4) is 0 Å². The lowest BCUT2D eigenvalue weighted by Gasteiger charge is -2.43. The molecule has 2 aliphatic heterocycles. The van der Waals surface area contributed by atoms with Gasteiger partial charge in [-0.15, -0.1) is 0 Å². The van der Waals surface area contributed by atoms with Crippen molar-refractivity contribution < 1.29 is 14.0 Å². The molecule has 1 aromatic carbocycles. The van der Waals surface area contributed by atoms with E-state index in [4.69, 9.17) is 9.16 Å². The van der Waals surface area contributed by atoms with Gasteiger partial charge in [-0.25, -0.2) is 0 Å². The maximum Gasteiger partial charge on any atom is 0.223 e. The number of rotatable bonds is 5. The summed E-state index contributed by atoms with van der Waals surface area (Å²) in [6, 6.07) is 10.3. The Morgan fingerprint density at radius 1 is 1.12 bits per heavy atom. The molecule has 26 heavy (non-hydrogen) atoms. The number of piperidine rings is 1. The van der Waals surface area contributed by atoms with Crippen LogP contribution in [-0.4, -0.2) is 43.9 Å². The maximum atomic E-state index is 12.4. The van der Waals surface area contributed by atoms with Crippen molar-refractivity contribution in [2.24, 2.45) is 0 Å². The number of hydrogen-bond acceptors (Lipinski definition) is 3. The summed E-state index contributed by atoms with van der Waals surface area (Å²) < 4.78 is 13.0. The van der Waals surface area contributed by atoms with Crippen LogP contribution in [0.1, 0.15) is 45.6 Å². The molecule has 5 heteroatoms. The molecule has 0 saturated carbocycles. The lowest BCUT2D eigenvalue weighted by Crippen LogP contribution is -2.55. The summed E-state index contributed by atoms with van der Waals surface area (Å²) in [6.45, 7) is 12.8. The summed E-state index contributed by atoms with van der Waals surface area (Å²) in [6.07, 6.45) is 2.47. The minimum absolute atomic E-state index is 0.0603. The van der Waals surface area contributed by atoms with E-state index in [1.807, 2.05) is 23.1 Å². The maximum absolute atomic E-state index is 12.4. The molecule has 2 heterocycles.